The molecule has 0 saturated carbocycles. The third-order valence-electron chi connectivity index (χ3n) is 6.47. The Bertz CT molecular complexity index is 1460. The molecule has 1 aliphatic rings. The summed E-state index contributed by atoms with van der Waals surface area (Å²) in [6.07, 6.45) is 0. The van der Waals surface area contributed by atoms with Gasteiger partial charge >= 0.3 is 0 Å². The van der Waals surface area contributed by atoms with Crippen molar-refractivity contribution in [1.82, 2.24) is 9.62 Å². The van der Waals surface area contributed by atoms with Crippen LogP contribution in [0.15, 0.2) is 66.7 Å². The first-order chi connectivity index (χ1) is 17.9. The molecule has 0 aromatic heterocycles. The SMILES string of the molecule is CC(C)(C)S(=O)(=O)NC(=O)c1ccc(N2CCN(C(=O)c3ccc(-c4cccc(O)c4)c(F)c3)CC2)cc1. The van der Waals surface area contributed by atoms with Crippen molar-refractivity contribution in [1.29, 1.82) is 0 Å². The molecule has 1 aliphatic heterocycles. The van der Waals surface area contributed by atoms with Gasteiger partial charge in [0.05, 0.1) is 4.75 Å². The summed E-state index contributed by atoms with van der Waals surface area (Å²) in [5.74, 6) is -1.46. The number of hydrogen-bond acceptors (Lipinski definition) is 6. The van der Waals surface area contributed by atoms with Crippen molar-refractivity contribution < 1.29 is 27.5 Å². The number of phenols is 1. The molecule has 2 N–H and O–H groups in total. The van der Waals surface area contributed by atoms with Gasteiger partial charge in [0, 0.05) is 48.6 Å². The molecule has 1 saturated heterocycles. The second kappa shape index (κ2) is 10.4. The molecule has 0 bridgehead atoms. The fraction of sp³-hybridized carbons (Fsp3) is 0.286. The molecule has 0 unspecified atom stereocenters. The van der Waals surface area contributed by atoms with Gasteiger partial charge in [-0.25, -0.2) is 17.5 Å². The van der Waals surface area contributed by atoms with Crippen LogP contribution < -0.4 is 9.62 Å². The van der Waals surface area contributed by atoms with E-state index in [0.29, 0.717) is 37.3 Å². The van der Waals surface area contributed by atoms with Crippen molar-refractivity contribution in [3.8, 4) is 16.9 Å². The number of amides is 2. The number of nitrogens with zero attached hydrogens (tertiary/aromatic N) is 2. The molecule has 0 spiro atoms. The van der Waals surface area contributed by atoms with Gasteiger partial charge in [-0.2, -0.15) is 0 Å². The highest BCUT2D eigenvalue weighted by molar-refractivity contribution is 7.91. The molecule has 8 nitrogen and oxygen atoms in total. The molecule has 1 fully saturated rings. The van der Waals surface area contributed by atoms with E-state index < -0.39 is 26.5 Å². The van der Waals surface area contributed by atoms with Gasteiger partial charge in [-0.3, -0.25) is 9.59 Å². The van der Waals surface area contributed by atoms with E-state index in [-0.39, 0.29) is 22.8 Å². The Balaban J connectivity index is 1.37. The van der Waals surface area contributed by atoms with Crippen LogP contribution in [0, 0.1) is 5.82 Å². The summed E-state index contributed by atoms with van der Waals surface area (Å²) in [7, 11) is -3.82. The number of aromatic hydroxyl groups is 1. The minimum absolute atomic E-state index is 0.0336. The van der Waals surface area contributed by atoms with Gasteiger partial charge in [0.2, 0.25) is 10.0 Å². The monoisotopic (exact) mass is 539 g/mol. The van der Waals surface area contributed by atoms with Gasteiger partial charge in [0.15, 0.2) is 0 Å². The van der Waals surface area contributed by atoms with Crippen LogP contribution in [0.5, 0.6) is 5.75 Å². The van der Waals surface area contributed by atoms with Gasteiger partial charge in [0.1, 0.15) is 11.6 Å². The quantitative estimate of drug-likeness (QED) is 0.507. The van der Waals surface area contributed by atoms with Gasteiger partial charge in [-0.05, 0) is 74.9 Å². The van der Waals surface area contributed by atoms with Crippen molar-refractivity contribution in [2.45, 2.75) is 25.5 Å². The smallest absolute Gasteiger partial charge is 0.264 e. The standard InChI is InChI=1S/C28H30FN3O5S/c1-28(2,3)38(36,37)30-26(34)19-7-10-22(11-8-19)31-13-15-32(16-14-31)27(35)21-9-12-24(25(29)18-21)20-5-4-6-23(33)17-20/h4-12,17-18,33H,13-16H2,1-3H3,(H,30,34). The first kappa shape index (κ1) is 27.1. The Kier molecular flexibility index (Phi) is 7.46. The van der Waals surface area contributed by atoms with E-state index in [2.05, 4.69) is 9.62 Å². The number of phenolic OH excluding ortho intramolecular Hbond substituents is 1. The van der Waals surface area contributed by atoms with Crippen molar-refractivity contribution in [2.75, 3.05) is 31.1 Å². The summed E-state index contributed by atoms with van der Waals surface area (Å²) in [6.45, 7) is 6.48. The maximum atomic E-state index is 14.8. The van der Waals surface area contributed by atoms with E-state index in [9.17, 15) is 27.5 Å². The minimum Gasteiger partial charge on any atom is -0.508 e. The second-order valence-corrected chi connectivity index (χ2v) is 12.6. The van der Waals surface area contributed by atoms with E-state index in [0.717, 1.165) is 5.69 Å². The van der Waals surface area contributed by atoms with Gasteiger partial charge in [-0.1, -0.05) is 18.2 Å². The highest BCUT2D eigenvalue weighted by Gasteiger charge is 2.31. The molecular weight excluding hydrogens is 509 g/mol. The van der Waals surface area contributed by atoms with Crippen LogP contribution in [0.4, 0.5) is 10.1 Å². The molecule has 4 rings (SSSR count). The van der Waals surface area contributed by atoms with Crippen LogP contribution in [0.2, 0.25) is 0 Å². The van der Waals surface area contributed by atoms with Crippen LogP contribution >= 0.6 is 0 Å². The normalized spacial score (nSPS) is 14.3. The van der Waals surface area contributed by atoms with Gasteiger partial charge in [0.25, 0.3) is 11.8 Å². The van der Waals surface area contributed by atoms with Crippen molar-refractivity contribution in [3.63, 3.8) is 0 Å². The lowest BCUT2D eigenvalue weighted by Gasteiger charge is -2.36. The van der Waals surface area contributed by atoms with E-state index in [4.69, 9.17) is 0 Å². The molecule has 3 aromatic carbocycles. The van der Waals surface area contributed by atoms with E-state index in [1.807, 2.05) is 0 Å². The predicted octanol–water partition coefficient (Wildman–Crippen LogP) is 4.02. The van der Waals surface area contributed by atoms with Crippen LogP contribution in [-0.4, -0.2) is 61.2 Å². The van der Waals surface area contributed by atoms with Crippen LogP contribution in [0.25, 0.3) is 11.1 Å². The maximum Gasteiger partial charge on any atom is 0.264 e. The number of hydrogen-bond donors (Lipinski definition) is 2. The molecule has 10 heteroatoms. The summed E-state index contributed by atoms with van der Waals surface area (Å²) in [5, 5.41) is 9.66. The maximum absolute atomic E-state index is 14.8. The van der Waals surface area contributed by atoms with E-state index in [1.54, 1.807) is 47.4 Å². The number of piperazine rings is 1. The Morgan fingerprint density at radius 3 is 2.11 bits per heavy atom. The van der Waals surface area contributed by atoms with Gasteiger partial charge in [-0.15, -0.1) is 0 Å². The number of carbonyl (C=O) groups is 2. The topological polar surface area (TPSA) is 107 Å². The number of sulfonamides is 1. The van der Waals surface area contributed by atoms with Crippen molar-refractivity contribution in [2.24, 2.45) is 0 Å². The molecule has 0 radical (unpaired) electrons. The molecular formula is C28H30FN3O5S. The number of benzene rings is 3. The lowest BCUT2D eigenvalue weighted by atomic mass is 10.0. The Labute approximate surface area is 221 Å². The lowest BCUT2D eigenvalue weighted by Crippen LogP contribution is -2.48. The largest absolute Gasteiger partial charge is 0.508 e. The third kappa shape index (κ3) is 5.80. The van der Waals surface area contributed by atoms with Crippen LogP contribution in [-0.2, 0) is 10.0 Å². The molecule has 38 heavy (non-hydrogen) atoms. The number of halogens is 1. The number of carbonyl (C=O) groups excluding carboxylic acids is 2. The zero-order valence-electron chi connectivity index (χ0n) is 21.4. The minimum atomic E-state index is -3.82. The van der Waals surface area contributed by atoms with E-state index in [1.165, 1.54) is 45.0 Å². The average Bonchev–Trinajstić information content (AvgIpc) is 2.87. The zero-order chi connectivity index (χ0) is 27.7. The van der Waals surface area contributed by atoms with Crippen LogP contribution in [0.3, 0.4) is 0 Å². The summed E-state index contributed by atoms with van der Waals surface area (Å²) >= 11 is 0. The Morgan fingerprint density at radius 2 is 1.53 bits per heavy atom. The summed E-state index contributed by atoms with van der Waals surface area (Å²) in [6, 6.07) is 17.2. The summed E-state index contributed by atoms with van der Waals surface area (Å²) in [5.41, 5.74) is 2.14. The molecule has 3 aromatic rings. The summed E-state index contributed by atoms with van der Waals surface area (Å²) in [4.78, 5) is 29.1. The lowest BCUT2D eigenvalue weighted by molar-refractivity contribution is 0.0746. The Morgan fingerprint density at radius 1 is 0.895 bits per heavy atom. The first-order valence-corrected chi connectivity index (χ1v) is 13.6. The second-order valence-electron chi connectivity index (χ2n) is 10.1. The number of rotatable bonds is 5. The molecule has 2 amide bonds. The Hall–Kier alpha value is -3.92. The third-order valence-corrected chi connectivity index (χ3v) is 8.53. The predicted molar refractivity (Wildman–Crippen MR) is 144 cm³/mol. The number of anilines is 1. The molecule has 0 atom stereocenters. The average molecular weight is 540 g/mol. The van der Waals surface area contributed by atoms with Gasteiger partial charge < -0.3 is 14.9 Å². The van der Waals surface area contributed by atoms with Crippen molar-refractivity contribution >= 4 is 27.5 Å². The molecule has 200 valence electrons. The highest BCUT2D eigenvalue weighted by Crippen LogP contribution is 2.27. The zero-order valence-corrected chi connectivity index (χ0v) is 22.3. The fourth-order valence-corrected chi connectivity index (χ4v) is 4.73. The van der Waals surface area contributed by atoms with Crippen molar-refractivity contribution in [3.05, 3.63) is 83.7 Å². The molecule has 1 heterocycles. The summed E-state index contributed by atoms with van der Waals surface area (Å²) < 4.78 is 40.3. The van der Waals surface area contributed by atoms with E-state index >= 15 is 0 Å². The fourth-order valence-electron chi connectivity index (χ4n) is 4.06. The number of nitrogens with one attached hydrogen (secondary N) is 1. The first-order valence-electron chi connectivity index (χ1n) is 12.2. The molecule has 0 aliphatic carbocycles. The highest BCUT2D eigenvalue weighted by atomic mass is 32.2. The van der Waals surface area contributed by atoms with Crippen LogP contribution in [0.1, 0.15) is 41.5 Å².